The fourth-order valence-corrected chi connectivity index (χ4v) is 4.30. The van der Waals surface area contributed by atoms with Gasteiger partial charge >= 0.3 is 6.18 Å². The molecule has 5 nitrogen and oxygen atoms in total. The van der Waals surface area contributed by atoms with Crippen LogP contribution in [0.25, 0.3) is 0 Å². The van der Waals surface area contributed by atoms with Crippen LogP contribution in [0.2, 0.25) is 0 Å². The molecule has 0 aliphatic carbocycles. The first-order valence-corrected chi connectivity index (χ1v) is 9.92. The molecule has 0 atom stereocenters. The van der Waals surface area contributed by atoms with E-state index in [0.717, 1.165) is 42.0 Å². The van der Waals surface area contributed by atoms with E-state index in [2.05, 4.69) is 4.98 Å². The average molecular weight is 387 g/mol. The van der Waals surface area contributed by atoms with E-state index in [1.807, 2.05) is 10.8 Å². The Kier molecular flexibility index (Phi) is 5.12. The van der Waals surface area contributed by atoms with Gasteiger partial charge in [0.2, 0.25) is 10.0 Å². The lowest BCUT2D eigenvalue weighted by atomic mass is 10.1. The van der Waals surface area contributed by atoms with Crippen molar-refractivity contribution in [1.82, 2.24) is 13.9 Å². The van der Waals surface area contributed by atoms with Gasteiger partial charge in [-0.25, -0.2) is 13.4 Å². The second-order valence-electron chi connectivity index (χ2n) is 6.47. The van der Waals surface area contributed by atoms with Crippen molar-refractivity contribution in [2.75, 3.05) is 7.05 Å². The number of aryl methyl sites for hydroxylation is 2. The molecule has 26 heavy (non-hydrogen) atoms. The maximum absolute atomic E-state index is 13.1. The van der Waals surface area contributed by atoms with E-state index in [1.165, 1.54) is 25.2 Å². The maximum Gasteiger partial charge on any atom is 0.416 e. The van der Waals surface area contributed by atoms with Crippen LogP contribution in [0.15, 0.2) is 30.5 Å². The summed E-state index contributed by atoms with van der Waals surface area (Å²) < 4.78 is 67.4. The highest BCUT2D eigenvalue weighted by molar-refractivity contribution is 7.88. The molecule has 9 heteroatoms. The highest BCUT2D eigenvalue weighted by atomic mass is 32.2. The van der Waals surface area contributed by atoms with Crippen LogP contribution in [-0.2, 0) is 41.5 Å². The predicted octanol–water partition coefficient (Wildman–Crippen LogP) is 3.20. The van der Waals surface area contributed by atoms with Crippen LogP contribution in [0.4, 0.5) is 13.2 Å². The molecule has 3 rings (SSSR count). The number of rotatable bonds is 5. The summed E-state index contributed by atoms with van der Waals surface area (Å²) in [6.45, 7) is 0.897. The van der Waals surface area contributed by atoms with Gasteiger partial charge in [0.25, 0.3) is 0 Å². The van der Waals surface area contributed by atoms with Crippen LogP contribution in [0, 0.1) is 0 Å². The predicted molar refractivity (Wildman–Crippen MR) is 90.7 cm³/mol. The van der Waals surface area contributed by atoms with E-state index >= 15 is 0 Å². The van der Waals surface area contributed by atoms with Crippen LogP contribution in [0.5, 0.6) is 0 Å². The molecule has 0 saturated carbocycles. The van der Waals surface area contributed by atoms with Gasteiger partial charge in [0.15, 0.2) is 0 Å². The number of fused-ring (bicyclic) bond motifs is 1. The molecular weight excluding hydrogens is 367 g/mol. The Hall–Kier alpha value is -1.87. The van der Waals surface area contributed by atoms with E-state index in [9.17, 15) is 21.6 Å². The molecule has 0 fully saturated rings. The van der Waals surface area contributed by atoms with Gasteiger partial charge in [-0.05, 0) is 24.5 Å². The third-order valence-electron chi connectivity index (χ3n) is 4.48. The van der Waals surface area contributed by atoms with Crippen LogP contribution in [0.3, 0.4) is 0 Å². The van der Waals surface area contributed by atoms with Gasteiger partial charge in [-0.3, -0.25) is 0 Å². The monoisotopic (exact) mass is 387 g/mol. The summed E-state index contributed by atoms with van der Waals surface area (Å²) in [5, 5.41) is 0. The summed E-state index contributed by atoms with van der Waals surface area (Å²) in [4.78, 5) is 4.44. The highest BCUT2D eigenvalue weighted by Gasteiger charge is 2.34. The van der Waals surface area contributed by atoms with Crippen LogP contribution in [0.1, 0.15) is 35.5 Å². The number of aromatic nitrogens is 2. The summed E-state index contributed by atoms with van der Waals surface area (Å²) >= 11 is 0. The van der Waals surface area contributed by atoms with Gasteiger partial charge in [-0.2, -0.15) is 17.5 Å². The number of imidazole rings is 1. The van der Waals surface area contributed by atoms with Crippen LogP contribution < -0.4 is 0 Å². The quantitative estimate of drug-likeness (QED) is 0.792. The summed E-state index contributed by atoms with van der Waals surface area (Å²) in [5.41, 5.74) is -0.567. The maximum atomic E-state index is 13.1. The minimum absolute atomic E-state index is 0.0382. The van der Waals surface area contributed by atoms with Crippen molar-refractivity contribution >= 4 is 10.0 Å². The number of sulfonamides is 1. The van der Waals surface area contributed by atoms with Crippen molar-refractivity contribution in [3.05, 3.63) is 53.1 Å². The normalized spacial score (nSPS) is 15.3. The Balaban J connectivity index is 1.77. The number of hydrogen-bond donors (Lipinski definition) is 0. The second kappa shape index (κ2) is 7.03. The number of halogens is 3. The zero-order valence-electron chi connectivity index (χ0n) is 14.3. The molecule has 0 saturated heterocycles. The summed E-state index contributed by atoms with van der Waals surface area (Å²) in [7, 11) is -2.55. The zero-order chi connectivity index (χ0) is 18.9. The van der Waals surface area contributed by atoms with Gasteiger partial charge in [0, 0.05) is 26.2 Å². The van der Waals surface area contributed by atoms with Crippen LogP contribution >= 0.6 is 0 Å². The number of benzene rings is 1. The third kappa shape index (κ3) is 4.09. The molecule has 2 heterocycles. The Bertz CT molecular complexity index is 867. The van der Waals surface area contributed by atoms with Gasteiger partial charge < -0.3 is 4.57 Å². The number of hydrogen-bond acceptors (Lipinski definition) is 3. The number of nitrogens with zero attached hydrogens (tertiary/aromatic N) is 3. The van der Waals surface area contributed by atoms with Gasteiger partial charge in [-0.15, -0.1) is 0 Å². The van der Waals surface area contributed by atoms with Crippen molar-refractivity contribution in [2.24, 2.45) is 0 Å². The van der Waals surface area contributed by atoms with Crippen LogP contribution in [-0.4, -0.2) is 29.3 Å². The topological polar surface area (TPSA) is 55.2 Å². The van der Waals surface area contributed by atoms with E-state index < -0.39 is 27.5 Å². The Morgan fingerprint density at radius 2 is 1.96 bits per heavy atom. The molecule has 1 aromatic carbocycles. The first-order valence-electron chi connectivity index (χ1n) is 8.31. The molecule has 1 aliphatic heterocycles. The fourth-order valence-electron chi connectivity index (χ4n) is 3.10. The standard InChI is InChI=1S/C17H20F3N3O2S/c1-22(10-14-11-23-9-5-4-8-16(23)21-14)26(24,25)12-13-6-2-3-7-15(13)17(18,19)20/h2-3,6-7,11H,4-5,8-10,12H2,1H3. The largest absolute Gasteiger partial charge is 0.416 e. The minimum atomic E-state index is -4.59. The molecule has 0 unspecified atom stereocenters. The molecular formula is C17H20F3N3O2S. The molecule has 0 bridgehead atoms. The van der Waals surface area contributed by atoms with Crippen molar-refractivity contribution in [2.45, 2.75) is 44.3 Å². The van der Waals surface area contributed by atoms with E-state index in [-0.39, 0.29) is 12.1 Å². The third-order valence-corrected chi connectivity index (χ3v) is 6.23. The summed E-state index contributed by atoms with van der Waals surface area (Å²) in [6.07, 6.45) is 0.206. The van der Waals surface area contributed by atoms with Crippen molar-refractivity contribution in [3.63, 3.8) is 0 Å². The Labute approximate surface area is 150 Å². The zero-order valence-corrected chi connectivity index (χ0v) is 15.1. The van der Waals surface area contributed by atoms with E-state index in [0.29, 0.717) is 5.69 Å². The lowest BCUT2D eigenvalue weighted by Gasteiger charge is -2.18. The SMILES string of the molecule is CN(Cc1cn2c(n1)CCCC2)S(=O)(=O)Cc1ccccc1C(F)(F)F. The molecule has 0 spiro atoms. The number of alkyl halides is 3. The molecule has 0 N–H and O–H groups in total. The summed E-state index contributed by atoms with van der Waals surface area (Å²) in [5.74, 6) is 0.228. The molecule has 0 radical (unpaired) electrons. The fraction of sp³-hybridized carbons (Fsp3) is 0.471. The van der Waals surface area contributed by atoms with Gasteiger partial charge in [0.1, 0.15) is 5.82 Å². The Morgan fingerprint density at radius 3 is 2.65 bits per heavy atom. The highest BCUT2D eigenvalue weighted by Crippen LogP contribution is 2.33. The first-order chi connectivity index (χ1) is 12.2. The average Bonchev–Trinajstić information content (AvgIpc) is 2.96. The molecule has 0 amide bonds. The van der Waals surface area contributed by atoms with Crippen molar-refractivity contribution < 1.29 is 21.6 Å². The molecule has 1 aromatic heterocycles. The summed E-state index contributed by atoms with van der Waals surface area (Å²) in [6, 6.07) is 4.75. The Morgan fingerprint density at radius 1 is 1.23 bits per heavy atom. The lowest BCUT2D eigenvalue weighted by molar-refractivity contribution is -0.138. The molecule has 142 valence electrons. The first kappa shape index (κ1) is 18.9. The van der Waals surface area contributed by atoms with Crippen molar-refractivity contribution in [1.29, 1.82) is 0 Å². The smallest absolute Gasteiger partial charge is 0.335 e. The van der Waals surface area contributed by atoms with Gasteiger partial charge in [0.05, 0.1) is 23.6 Å². The minimum Gasteiger partial charge on any atom is -0.335 e. The second-order valence-corrected chi connectivity index (χ2v) is 8.54. The molecule has 2 aromatic rings. The van der Waals surface area contributed by atoms with E-state index in [4.69, 9.17) is 0 Å². The molecule has 1 aliphatic rings. The lowest BCUT2D eigenvalue weighted by Crippen LogP contribution is -2.28. The van der Waals surface area contributed by atoms with Gasteiger partial charge in [-0.1, -0.05) is 18.2 Å². The van der Waals surface area contributed by atoms with E-state index in [1.54, 1.807) is 0 Å². The van der Waals surface area contributed by atoms with Crippen molar-refractivity contribution in [3.8, 4) is 0 Å².